The molecule has 2 heterocycles. The van der Waals surface area contributed by atoms with Gasteiger partial charge in [-0.15, -0.1) is 0 Å². The number of hydrogen-bond acceptors (Lipinski definition) is 5. The third-order valence-corrected chi connectivity index (χ3v) is 4.10. The van der Waals surface area contributed by atoms with Crippen LogP contribution in [-0.2, 0) is 16.1 Å². The van der Waals surface area contributed by atoms with Crippen LogP contribution >= 0.6 is 0 Å². The highest BCUT2D eigenvalue weighted by Gasteiger charge is 2.34. The minimum Gasteiger partial charge on any atom is -0.469 e. The van der Waals surface area contributed by atoms with Crippen LogP contribution in [0.25, 0.3) is 0 Å². The van der Waals surface area contributed by atoms with E-state index in [9.17, 15) is 14.4 Å². The molecule has 0 spiro atoms. The average molecular weight is 356 g/mol. The van der Waals surface area contributed by atoms with Gasteiger partial charge in [-0.2, -0.15) is 0 Å². The predicted molar refractivity (Wildman–Crippen MR) is 92.2 cm³/mol. The van der Waals surface area contributed by atoms with Crippen LogP contribution in [0.15, 0.2) is 47.1 Å². The summed E-state index contributed by atoms with van der Waals surface area (Å²) in [4.78, 5) is 42.4. The molecule has 2 aromatic rings. The Morgan fingerprint density at radius 3 is 2.42 bits per heavy atom. The number of aryl methyl sites for hydroxylation is 1. The summed E-state index contributed by atoms with van der Waals surface area (Å²) >= 11 is 0. The third-order valence-electron chi connectivity index (χ3n) is 4.10. The first-order chi connectivity index (χ1) is 12.7. The standard InChI is InChI=1S/C19H20N2O5/c22-17(20-26-13-5-7-14-6-4-12-25-14)10-3-11-21-18(23)15-8-1-2-9-16(15)19(21)24/h1-2,4,6,8-9,12H,3,5,7,10-11,13H2,(H,20,22). The first-order valence-electron chi connectivity index (χ1n) is 8.55. The minimum absolute atomic E-state index is 0.172. The number of amides is 3. The van der Waals surface area contributed by atoms with Gasteiger partial charge < -0.3 is 4.42 Å². The van der Waals surface area contributed by atoms with Gasteiger partial charge in [0.2, 0.25) is 5.91 Å². The summed E-state index contributed by atoms with van der Waals surface area (Å²) in [6, 6.07) is 10.4. The molecule has 0 radical (unpaired) electrons. The Morgan fingerprint density at radius 1 is 1.04 bits per heavy atom. The summed E-state index contributed by atoms with van der Waals surface area (Å²) < 4.78 is 5.20. The van der Waals surface area contributed by atoms with Crippen LogP contribution in [0.1, 0.15) is 45.7 Å². The molecular formula is C19H20N2O5. The monoisotopic (exact) mass is 356 g/mol. The number of nitrogens with zero attached hydrogens (tertiary/aromatic N) is 1. The molecule has 1 aromatic heterocycles. The molecule has 7 nitrogen and oxygen atoms in total. The maximum Gasteiger partial charge on any atom is 0.261 e. The van der Waals surface area contributed by atoms with Crippen molar-refractivity contribution in [3.63, 3.8) is 0 Å². The molecule has 0 unspecified atom stereocenters. The summed E-state index contributed by atoms with van der Waals surface area (Å²) in [6.45, 7) is 0.586. The van der Waals surface area contributed by atoms with E-state index in [0.29, 0.717) is 24.2 Å². The second-order valence-corrected chi connectivity index (χ2v) is 5.97. The molecule has 0 fully saturated rings. The number of hydroxylamine groups is 1. The molecule has 26 heavy (non-hydrogen) atoms. The molecule has 136 valence electrons. The van der Waals surface area contributed by atoms with E-state index in [0.717, 1.165) is 18.6 Å². The predicted octanol–water partition coefficient (Wildman–Crippen LogP) is 2.34. The van der Waals surface area contributed by atoms with Gasteiger partial charge in [-0.05, 0) is 37.1 Å². The van der Waals surface area contributed by atoms with Crippen molar-refractivity contribution in [3.05, 3.63) is 59.5 Å². The van der Waals surface area contributed by atoms with Crippen molar-refractivity contribution >= 4 is 17.7 Å². The minimum atomic E-state index is -0.305. The summed E-state index contributed by atoms with van der Waals surface area (Å²) in [5.74, 6) is -0.0131. The highest BCUT2D eigenvalue weighted by molar-refractivity contribution is 6.21. The van der Waals surface area contributed by atoms with Crippen LogP contribution in [0.3, 0.4) is 0 Å². The first kappa shape index (κ1) is 17.9. The summed E-state index contributed by atoms with van der Waals surface area (Å²) in [7, 11) is 0. The fourth-order valence-electron chi connectivity index (χ4n) is 2.80. The van der Waals surface area contributed by atoms with Gasteiger partial charge in [-0.1, -0.05) is 12.1 Å². The zero-order valence-electron chi connectivity index (χ0n) is 14.3. The lowest BCUT2D eigenvalue weighted by molar-refractivity contribution is -0.133. The van der Waals surface area contributed by atoms with E-state index >= 15 is 0 Å². The van der Waals surface area contributed by atoms with Gasteiger partial charge in [0.15, 0.2) is 0 Å². The van der Waals surface area contributed by atoms with E-state index in [1.54, 1.807) is 30.5 Å². The number of rotatable bonds is 9. The summed E-state index contributed by atoms with van der Waals surface area (Å²) in [5.41, 5.74) is 3.21. The SMILES string of the molecule is O=C(CCCN1C(=O)c2ccccc2C1=O)NOCCCc1ccco1. The molecular weight excluding hydrogens is 336 g/mol. The molecule has 1 aliphatic rings. The summed E-state index contributed by atoms with van der Waals surface area (Å²) in [6.07, 6.45) is 3.64. The molecule has 1 aromatic carbocycles. The van der Waals surface area contributed by atoms with E-state index in [-0.39, 0.29) is 30.7 Å². The molecule has 0 aliphatic carbocycles. The van der Waals surface area contributed by atoms with E-state index < -0.39 is 0 Å². The van der Waals surface area contributed by atoms with Gasteiger partial charge in [0.05, 0.1) is 24.0 Å². The van der Waals surface area contributed by atoms with Crippen molar-refractivity contribution in [2.75, 3.05) is 13.2 Å². The van der Waals surface area contributed by atoms with Gasteiger partial charge in [-0.25, -0.2) is 5.48 Å². The number of fused-ring (bicyclic) bond motifs is 1. The van der Waals surface area contributed by atoms with Gasteiger partial charge >= 0.3 is 0 Å². The average Bonchev–Trinajstić information content (AvgIpc) is 3.24. The Hall–Kier alpha value is -2.93. The Morgan fingerprint density at radius 2 is 1.77 bits per heavy atom. The quantitative estimate of drug-likeness (QED) is 0.423. The van der Waals surface area contributed by atoms with Crippen molar-refractivity contribution < 1.29 is 23.6 Å². The largest absolute Gasteiger partial charge is 0.469 e. The topological polar surface area (TPSA) is 88.9 Å². The number of nitrogens with one attached hydrogen (secondary N) is 1. The Bertz CT molecular complexity index is 750. The molecule has 7 heteroatoms. The van der Waals surface area contributed by atoms with E-state index in [2.05, 4.69) is 5.48 Å². The molecule has 0 saturated carbocycles. The van der Waals surface area contributed by atoms with E-state index in [1.165, 1.54) is 4.90 Å². The normalized spacial score (nSPS) is 13.2. The maximum absolute atomic E-state index is 12.2. The Labute approximate surface area is 150 Å². The van der Waals surface area contributed by atoms with Crippen molar-refractivity contribution in [2.45, 2.75) is 25.7 Å². The van der Waals surface area contributed by atoms with Crippen molar-refractivity contribution in [3.8, 4) is 0 Å². The zero-order chi connectivity index (χ0) is 18.4. The fraction of sp³-hybridized carbons (Fsp3) is 0.316. The van der Waals surface area contributed by atoms with E-state index in [4.69, 9.17) is 9.25 Å². The number of imide groups is 1. The van der Waals surface area contributed by atoms with Crippen molar-refractivity contribution in [1.82, 2.24) is 10.4 Å². The Balaban J connectivity index is 1.32. The maximum atomic E-state index is 12.2. The van der Waals surface area contributed by atoms with Crippen LogP contribution in [0.2, 0.25) is 0 Å². The highest BCUT2D eigenvalue weighted by Crippen LogP contribution is 2.22. The number of furan rings is 1. The number of carbonyl (C=O) groups excluding carboxylic acids is 3. The molecule has 0 atom stereocenters. The molecule has 3 rings (SSSR count). The molecule has 0 bridgehead atoms. The lowest BCUT2D eigenvalue weighted by Crippen LogP contribution is -2.32. The van der Waals surface area contributed by atoms with Crippen LogP contribution < -0.4 is 5.48 Å². The first-order valence-corrected chi connectivity index (χ1v) is 8.55. The van der Waals surface area contributed by atoms with Crippen LogP contribution in [0, 0.1) is 0 Å². The third kappa shape index (κ3) is 4.18. The highest BCUT2D eigenvalue weighted by atomic mass is 16.6. The zero-order valence-corrected chi connectivity index (χ0v) is 14.3. The smallest absolute Gasteiger partial charge is 0.261 e. The molecule has 3 amide bonds. The summed E-state index contributed by atoms with van der Waals surface area (Å²) in [5, 5.41) is 0. The van der Waals surface area contributed by atoms with Gasteiger partial charge in [0, 0.05) is 19.4 Å². The lowest BCUT2D eigenvalue weighted by Gasteiger charge is -2.13. The fourth-order valence-corrected chi connectivity index (χ4v) is 2.80. The molecule has 1 aliphatic heterocycles. The number of carbonyl (C=O) groups is 3. The Kier molecular flexibility index (Phi) is 5.80. The van der Waals surface area contributed by atoms with Gasteiger partial charge in [0.25, 0.3) is 11.8 Å². The van der Waals surface area contributed by atoms with Gasteiger partial charge in [-0.3, -0.25) is 24.1 Å². The van der Waals surface area contributed by atoms with Crippen LogP contribution in [0.5, 0.6) is 0 Å². The number of hydrogen-bond donors (Lipinski definition) is 1. The molecule has 1 N–H and O–H groups in total. The van der Waals surface area contributed by atoms with Crippen molar-refractivity contribution in [2.24, 2.45) is 0 Å². The van der Waals surface area contributed by atoms with Crippen LogP contribution in [-0.4, -0.2) is 35.8 Å². The van der Waals surface area contributed by atoms with Crippen molar-refractivity contribution in [1.29, 1.82) is 0 Å². The second kappa shape index (κ2) is 8.44. The van der Waals surface area contributed by atoms with E-state index in [1.807, 2.05) is 12.1 Å². The van der Waals surface area contributed by atoms with Gasteiger partial charge in [0.1, 0.15) is 5.76 Å². The molecule has 0 saturated heterocycles. The second-order valence-electron chi connectivity index (χ2n) is 5.97. The lowest BCUT2D eigenvalue weighted by atomic mass is 10.1. The van der Waals surface area contributed by atoms with Crippen LogP contribution in [0.4, 0.5) is 0 Å². The number of benzene rings is 1.